The Labute approximate surface area is 176 Å². The Morgan fingerprint density at radius 2 is 2.07 bits per heavy atom. The van der Waals surface area contributed by atoms with Crippen molar-refractivity contribution in [2.45, 2.75) is 19.5 Å². The van der Waals surface area contributed by atoms with Crippen molar-refractivity contribution in [1.29, 1.82) is 0 Å². The van der Waals surface area contributed by atoms with Crippen molar-refractivity contribution < 1.29 is 9.18 Å². The second-order valence-electron chi connectivity index (χ2n) is 6.62. The van der Waals surface area contributed by atoms with Gasteiger partial charge >= 0.3 is 0 Å². The number of alkyl halides is 1. The number of nitrogens with one attached hydrogen (secondary N) is 2. The predicted octanol–water partition coefficient (Wildman–Crippen LogP) is 5.29. The maximum atomic E-state index is 13.0. The number of aromatic nitrogens is 3. The first-order valence-corrected chi connectivity index (χ1v) is 9.20. The number of H-pyrrole nitrogens is 1. The topological polar surface area (TPSA) is 70.7 Å². The zero-order valence-electron chi connectivity index (χ0n) is 14.7. The molecule has 2 aromatic heterocycles. The second kappa shape index (κ2) is 7.66. The Hall–Kier alpha value is -2.22. The minimum atomic E-state index is -1.00. The van der Waals surface area contributed by atoms with Crippen LogP contribution in [-0.2, 0) is 4.79 Å². The van der Waals surface area contributed by atoms with E-state index in [1.807, 2.05) is 24.4 Å². The Balaban J connectivity index is 0.00000112. The first-order valence-electron chi connectivity index (χ1n) is 8.39. The first-order chi connectivity index (χ1) is 12.6. The number of aryl methyl sites for hydroxylation is 1. The van der Waals surface area contributed by atoms with Gasteiger partial charge in [-0.15, -0.1) is 24.8 Å². The van der Waals surface area contributed by atoms with Crippen molar-refractivity contribution in [3.8, 4) is 11.1 Å². The van der Waals surface area contributed by atoms with E-state index in [1.54, 1.807) is 0 Å². The molecule has 0 spiro atoms. The molecule has 0 aliphatic heterocycles. The summed E-state index contributed by atoms with van der Waals surface area (Å²) in [6, 6.07) is 10.2. The van der Waals surface area contributed by atoms with Gasteiger partial charge < -0.3 is 5.32 Å². The molecule has 5 nitrogen and oxygen atoms in total. The number of anilines is 1. The molecule has 4 aromatic rings. The zero-order chi connectivity index (χ0) is 17.8. The summed E-state index contributed by atoms with van der Waals surface area (Å²) in [5, 5.41) is 11.5. The van der Waals surface area contributed by atoms with Crippen molar-refractivity contribution >= 4 is 68.3 Å². The zero-order valence-corrected chi connectivity index (χ0v) is 17.2. The normalized spacial score (nSPS) is 17.8. The van der Waals surface area contributed by atoms with Crippen molar-refractivity contribution in [1.82, 2.24) is 15.2 Å². The number of amides is 1. The highest BCUT2D eigenvalue weighted by atomic mass is 35.5. The van der Waals surface area contributed by atoms with E-state index in [0.29, 0.717) is 11.6 Å². The van der Waals surface area contributed by atoms with Crippen LogP contribution in [0.3, 0.4) is 0 Å². The van der Waals surface area contributed by atoms with Crippen molar-refractivity contribution in [2.24, 2.45) is 5.92 Å². The van der Waals surface area contributed by atoms with Crippen LogP contribution in [0.1, 0.15) is 12.0 Å². The molecule has 2 heterocycles. The van der Waals surface area contributed by atoms with Crippen LogP contribution in [-0.4, -0.2) is 27.3 Å². The van der Waals surface area contributed by atoms with Crippen LogP contribution in [0.4, 0.5) is 9.52 Å². The van der Waals surface area contributed by atoms with Gasteiger partial charge in [-0.1, -0.05) is 29.5 Å². The summed E-state index contributed by atoms with van der Waals surface area (Å²) in [5.74, 6) is -0.793. The quantitative estimate of drug-likeness (QED) is 0.456. The molecule has 1 amide bonds. The van der Waals surface area contributed by atoms with Crippen LogP contribution in [0.25, 0.3) is 32.2 Å². The minimum absolute atomic E-state index is 0. The number of hydrogen-bond donors (Lipinski definition) is 2. The SMILES string of the molecule is Cc1c(-c2ccc3nc(NC(=O)[C@@H]4C[C@@H]4F)sc3c2)ccc2cn[nH]c12.Cl.Cl. The molecule has 2 N–H and O–H groups in total. The van der Waals surface area contributed by atoms with E-state index in [2.05, 4.69) is 39.6 Å². The van der Waals surface area contributed by atoms with Gasteiger partial charge in [0.15, 0.2) is 5.13 Å². The van der Waals surface area contributed by atoms with Gasteiger partial charge in [0.25, 0.3) is 0 Å². The number of carbonyl (C=O) groups is 1. The van der Waals surface area contributed by atoms with Gasteiger partial charge in [-0.25, -0.2) is 9.37 Å². The van der Waals surface area contributed by atoms with Gasteiger partial charge in [-0.2, -0.15) is 5.10 Å². The number of nitrogens with zero attached hydrogens (tertiary/aromatic N) is 2. The molecule has 1 fully saturated rings. The summed E-state index contributed by atoms with van der Waals surface area (Å²) in [5.41, 5.74) is 5.20. The van der Waals surface area contributed by atoms with Gasteiger partial charge in [-0.3, -0.25) is 9.89 Å². The average molecular weight is 439 g/mol. The first kappa shape index (κ1) is 20.5. The third-order valence-electron chi connectivity index (χ3n) is 4.86. The lowest BCUT2D eigenvalue weighted by atomic mass is 9.98. The van der Waals surface area contributed by atoms with E-state index in [0.717, 1.165) is 37.8 Å². The molecule has 1 aliphatic rings. The predicted molar refractivity (Wildman–Crippen MR) is 116 cm³/mol. The number of halogens is 3. The van der Waals surface area contributed by atoms with Gasteiger partial charge in [0, 0.05) is 5.39 Å². The molecule has 5 rings (SSSR count). The molecule has 2 aromatic carbocycles. The van der Waals surface area contributed by atoms with Gasteiger partial charge in [0.2, 0.25) is 5.91 Å². The fourth-order valence-electron chi connectivity index (χ4n) is 3.25. The van der Waals surface area contributed by atoms with Gasteiger partial charge in [0.1, 0.15) is 6.17 Å². The Morgan fingerprint density at radius 1 is 1.29 bits per heavy atom. The van der Waals surface area contributed by atoms with Crippen LogP contribution in [0.5, 0.6) is 0 Å². The van der Waals surface area contributed by atoms with E-state index < -0.39 is 12.1 Å². The molecule has 28 heavy (non-hydrogen) atoms. The van der Waals surface area contributed by atoms with Crippen LogP contribution in [0, 0.1) is 12.8 Å². The Kier molecular flexibility index (Phi) is 5.61. The summed E-state index contributed by atoms with van der Waals surface area (Å²) >= 11 is 1.41. The van der Waals surface area contributed by atoms with Gasteiger partial charge in [-0.05, 0) is 42.2 Å². The highest BCUT2D eigenvalue weighted by molar-refractivity contribution is 7.22. The number of carbonyl (C=O) groups excluding carboxylic acids is 1. The maximum Gasteiger partial charge on any atom is 0.232 e. The molecule has 0 radical (unpaired) electrons. The number of benzene rings is 2. The fraction of sp³-hybridized carbons (Fsp3) is 0.211. The number of fused-ring (bicyclic) bond motifs is 2. The van der Waals surface area contributed by atoms with E-state index >= 15 is 0 Å². The van der Waals surface area contributed by atoms with E-state index in [4.69, 9.17) is 0 Å². The highest BCUT2D eigenvalue weighted by Gasteiger charge is 2.43. The summed E-state index contributed by atoms with van der Waals surface area (Å²) in [7, 11) is 0. The molecule has 146 valence electrons. The molecule has 9 heteroatoms. The summed E-state index contributed by atoms with van der Waals surface area (Å²) in [6.07, 6.45) is 1.13. The number of rotatable bonds is 3. The van der Waals surface area contributed by atoms with Crippen LogP contribution < -0.4 is 5.32 Å². The van der Waals surface area contributed by atoms with Crippen LogP contribution in [0.15, 0.2) is 36.5 Å². The third-order valence-corrected chi connectivity index (χ3v) is 5.79. The number of hydrogen-bond acceptors (Lipinski definition) is 4. The van der Waals surface area contributed by atoms with E-state index in [9.17, 15) is 9.18 Å². The Morgan fingerprint density at radius 3 is 2.82 bits per heavy atom. The summed E-state index contributed by atoms with van der Waals surface area (Å²) in [4.78, 5) is 16.3. The van der Waals surface area contributed by atoms with Crippen LogP contribution in [0.2, 0.25) is 0 Å². The van der Waals surface area contributed by atoms with Crippen molar-refractivity contribution in [2.75, 3.05) is 5.32 Å². The van der Waals surface area contributed by atoms with Gasteiger partial charge in [0.05, 0.1) is 27.8 Å². The third kappa shape index (κ3) is 3.45. The molecule has 2 atom stereocenters. The fourth-order valence-corrected chi connectivity index (χ4v) is 4.15. The lowest BCUT2D eigenvalue weighted by molar-refractivity contribution is -0.117. The molecule has 0 bridgehead atoms. The minimum Gasteiger partial charge on any atom is -0.302 e. The molecular formula is C19H17Cl2FN4OS. The molecule has 0 unspecified atom stereocenters. The standard InChI is InChI=1S/C19H15FN4OS.2ClH/c1-9-12(4-2-11-8-21-24-17(9)11)10-3-5-15-16(6-10)26-19(22-15)23-18(25)13-7-14(13)20;;/h2-6,8,13-14H,7H2,1H3,(H,21,24)(H,22,23,25);2*1H/t13-,14+;;/m1../s1. The van der Waals surface area contributed by atoms with E-state index in [-0.39, 0.29) is 30.7 Å². The molecule has 0 saturated heterocycles. The lowest BCUT2D eigenvalue weighted by Gasteiger charge is -2.07. The summed E-state index contributed by atoms with van der Waals surface area (Å²) in [6.45, 7) is 2.07. The Bertz CT molecular complexity index is 1180. The number of aromatic amines is 1. The largest absolute Gasteiger partial charge is 0.302 e. The molecule has 1 saturated carbocycles. The lowest BCUT2D eigenvalue weighted by Crippen LogP contribution is -2.14. The van der Waals surface area contributed by atoms with Crippen molar-refractivity contribution in [3.05, 3.63) is 42.1 Å². The molecule has 1 aliphatic carbocycles. The molecular weight excluding hydrogens is 422 g/mol. The average Bonchev–Trinajstić information content (AvgIpc) is 3.03. The van der Waals surface area contributed by atoms with Crippen molar-refractivity contribution in [3.63, 3.8) is 0 Å². The van der Waals surface area contributed by atoms with E-state index in [1.165, 1.54) is 11.3 Å². The summed E-state index contributed by atoms with van der Waals surface area (Å²) < 4.78 is 14.0. The number of thiazole rings is 1. The monoisotopic (exact) mass is 438 g/mol. The second-order valence-corrected chi connectivity index (χ2v) is 7.65. The highest BCUT2D eigenvalue weighted by Crippen LogP contribution is 2.37. The maximum absolute atomic E-state index is 13.0. The van der Waals surface area contributed by atoms with Crippen LogP contribution >= 0.6 is 36.2 Å². The smallest absolute Gasteiger partial charge is 0.232 e.